The van der Waals surface area contributed by atoms with Crippen LogP contribution in [0.2, 0.25) is 0 Å². The Morgan fingerprint density at radius 1 is 1.53 bits per heavy atom. The minimum absolute atomic E-state index is 0.0297. The zero-order valence-electron chi connectivity index (χ0n) is 10.2. The molecule has 1 unspecified atom stereocenters. The molecule has 0 aliphatic rings. The number of carbonyl (C=O) groups excluding carboxylic acids is 1. The Hall–Kier alpha value is -0.620. The number of rotatable bonds is 5. The van der Waals surface area contributed by atoms with Crippen LogP contribution in [-0.4, -0.2) is 23.7 Å². The minimum atomic E-state index is -0.0297. The Labute approximate surface area is 116 Å². The summed E-state index contributed by atoms with van der Waals surface area (Å²) in [6.45, 7) is 4.07. The van der Waals surface area contributed by atoms with Crippen LogP contribution in [-0.2, 0) is 0 Å². The maximum absolute atomic E-state index is 12.1. The largest absolute Gasteiger partial charge is 0.396 e. The number of benzene rings is 1. The summed E-state index contributed by atoms with van der Waals surface area (Å²) in [6.07, 6.45) is 1.51. The molecule has 0 heterocycles. The van der Waals surface area contributed by atoms with E-state index in [0.29, 0.717) is 6.42 Å². The first-order valence-corrected chi connectivity index (χ1v) is 6.81. The second-order valence-corrected chi connectivity index (χ2v) is 5.33. The van der Waals surface area contributed by atoms with E-state index in [1.165, 1.54) is 0 Å². The average Bonchev–Trinajstić information content (AvgIpc) is 2.26. The molecule has 0 aromatic heterocycles. The number of aliphatic hydroxyl groups excluding tert-OH is 1. The summed E-state index contributed by atoms with van der Waals surface area (Å²) in [5.74, 6) is -0.0297. The number of halogens is 1. The molecule has 1 rings (SSSR count). The smallest absolute Gasteiger partial charge is 0.252 e. The van der Waals surface area contributed by atoms with Gasteiger partial charge in [-0.1, -0.05) is 12.1 Å². The van der Waals surface area contributed by atoms with Gasteiger partial charge in [-0.15, -0.1) is 0 Å². The zero-order valence-corrected chi connectivity index (χ0v) is 12.3. The molecule has 0 aliphatic heterocycles. The molecular weight excluding hydrogens is 329 g/mol. The number of hydrogen-bond donors (Lipinski definition) is 2. The topological polar surface area (TPSA) is 49.3 Å². The second-order valence-electron chi connectivity index (χ2n) is 4.17. The van der Waals surface area contributed by atoms with E-state index in [2.05, 4.69) is 27.9 Å². The van der Waals surface area contributed by atoms with Gasteiger partial charge in [-0.3, -0.25) is 4.79 Å². The van der Waals surface area contributed by atoms with Crippen molar-refractivity contribution in [3.05, 3.63) is 32.9 Å². The zero-order chi connectivity index (χ0) is 12.8. The minimum Gasteiger partial charge on any atom is -0.396 e. The van der Waals surface area contributed by atoms with Crippen molar-refractivity contribution in [2.75, 3.05) is 6.61 Å². The maximum Gasteiger partial charge on any atom is 0.252 e. The third-order valence-electron chi connectivity index (χ3n) is 2.62. The highest BCUT2D eigenvalue weighted by molar-refractivity contribution is 14.1. The molecule has 94 valence electrons. The number of hydrogen-bond acceptors (Lipinski definition) is 2. The molecule has 4 heteroatoms. The molecule has 0 aliphatic carbocycles. The number of nitrogens with one attached hydrogen (secondary N) is 1. The van der Waals surface area contributed by atoms with Crippen molar-refractivity contribution in [1.29, 1.82) is 0 Å². The lowest BCUT2D eigenvalue weighted by atomic mass is 10.1. The van der Waals surface area contributed by atoms with Crippen LogP contribution in [0.15, 0.2) is 18.2 Å². The Morgan fingerprint density at radius 3 is 2.82 bits per heavy atom. The van der Waals surface area contributed by atoms with Crippen molar-refractivity contribution >= 4 is 28.5 Å². The van der Waals surface area contributed by atoms with E-state index in [9.17, 15) is 4.79 Å². The van der Waals surface area contributed by atoms with E-state index >= 15 is 0 Å². The van der Waals surface area contributed by atoms with Gasteiger partial charge in [0.15, 0.2) is 0 Å². The molecule has 0 fully saturated rings. The molecule has 1 atom stereocenters. The van der Waals surface area contributed by atoms with Crippen molar-refractivity contribution in [2.24, 2.45) is 0 Å². The Morgan fingerprint density at radius 2 is 2.24 bits per heavy atom. The van der Waals surface area contributed by atoms with Gasteiger partial charge in [0, 0.05) is 16.2 Å². The average molecular weight is 347 g/mol. The fraction of sp³-hybridized carbons (Fsp3) is 0.462. The highest BCUT2D eigenvalue weighted by atomic mass is 127. The van der Waals surface area contributed by atoms with Gasteiger partial charge < -0.3 is 10.4 Å². The molecule has 0 radical (unpaired) electrons. The highest BCUT2D eigenvalue weighted by Crippen LogP contribution is 2.16. The summed E-state index contributed by atoms with van der Waals surface area (Å²) in [4.78, 5) is 12.1. The van der Waals surface area contributed by atoms with E-state index in [0.717, 1.165) is 21.1 Å². The van der Waals surface area contributed by atoms with E-state index in [1.54, 1.807) is 0 Å². The van der Waals surface area contributed by atoms with Crippen LogP contribution < -0.4 is 5.32 Å². The van der Waals surface area contributed by atoms with Gasteiger partial charge in [-0.25, -0.2) is 0 Å². The lowest BCUT2D eigenvalue weighted by Gasteiger charge is -2.15. The molecule has 0 saturated carbocycles. The van der Waals surface area contributed by atoms with Gasteiger partial charge in [0.25, 0.3) is 5.91 Å². The van der Waals surface area contributed by atoms with E-state index in [4.69, 9.17) is 5.11 Å². The molecule has 17 heavy (non-hydrogen) atoms. The normalized spacial score (nSPS) is 12.2. The summed E-state index contributed by atoms with van der Waals surface area (Å²) in [6, 6.07) is 5.91. The number of carbonyl (C=O) groups is 1. The van der Waals surface area contributed by atoms with Crippen LogP contribution in [0, 0.1) is 10.5 Å². The monoisotopic (exact) mass is 347 g/mol. The fourth-order valence-corrected chi connectivity index (χ4v) is 2.56. The summed E-state index contributed by atoms with van der Waals surface area (Å²) >= 11 is 2.18. The van der Waals surface area contributed by atoms with Crippen molar-refractivity contribution in [2.45, 2.75) is 32.7 Å². The third kappa shape index (κ3) is 4.27. The molecule has 0 bridgehead atoms. The van der Waals surface area contributed by atoms with Crippen LogP contribution in [0.1, 0.15) is 35.7 Å². The third-order valence-corrected chi connectivity index (χ3v) is 3.52. The van der Waals surface area contributed by atoms with E-state index < -0.39 is 0 Å². The first kappa shape index (κ1) is 14.4. The molecule has 2 N–H and O–H groups in total. The van der Waals surface area contributed by atoms with Gasteiger partial charge in [0.05, 0.1) is 5.56 Å². The molecule has 0 saturated heterocycles. The molecular formula is C13H18INO2. The lowest BCUT2D eigenvalue weighted by Crippen LogP contribution is -2.33. The summed E-state index contributed by atoms with van der Waals surface area (Å²) in [5, 5.41) is 11.7. The Balaban J connectivity index is 2.70. The number of aryl methyl sites for hydroxylation is 1. The fourth-order valence-electron chi connectivity index (χ4n) is 1.69. The van der Waals surface area contributed by atoms with Crippen molar-refractivity contribution in [3.63, 3.8) is 0 Å². The van der Waals surface area contributed by atoms with Crippen LogP contribution >= 0.6 is 22.6 Å². The predicted molar refractivity (Wildman–Crippen MR) is 77.1 cm³/mol. The standard InChI is InChI=1S/C13H18INO2/c1-9-5-3-7-11(14)12(9)13(17)15-10(2)6-4-8-16/h3,5,7,10,16H,4,6,8H2,1-2H3,(H,15,17). The van der Waals surface area contributed by atoms with Gasteiger partial charge in [0.1, 0.15) is 0 Å². The van der Waals surface area contributed by atoms with E-state index in [1.807, 2.05) is 32.0 Å². The maximum atomic E-state index is 12.1. The quantitative estimate of drug-likeness (QED) is 0.804. The van der Waals surface area contributed by atoms with Gasteiger partial charge >= 0.3 is 0 Å². The molecule has 1 amide bonds. The van der Waals surface area contributed by atoms with Crippen LogP contribution in [0.25, 0.3) is 0 Å². The van der Waals surface area contributed by atoms with Crippen molar-refractivity contribution in [1.82, 2.24) is 5.32 Å². The number of aliphatic hydroxyl groups is 1. The Bertz CT molecular complexity index is 373. The summed E-state index contributed by atoms with van der Waals surface area (Å²) < 4.78 is 0.967. The summed E-state index contributed by atoms with van der Waals surface area (Å²) in [7, 11) is 0. The van der Waals surface area contributed by atoms with Crippen LogP contribution in [0.5, 0.6) is 0 Å². The number of amides is 1. The van der Waals surface area contributed by atoms with Gasteiger partial charge in [0.2, 0.25) is 0 Å². The second kappa shape index (κ2) is 6.96. The van der Waals surface area contributed by atoms with Crippen molar-refractivity contribution < 1.29 is 9.90 Å². The molecule has 1 aromatic carbocycles. The SMILES string of the molecule is Cc1cccc(I)c1C(=O)NC(C)CCCO. The van der Waals surface area contributed by atoms with Crippen LogP contribution in [0.3, 0.4) is 0 Å². The first-order valence-electron chi connectivity index (χ1n) is 5.73. The van der Waals surface area contributed by atoms with Gasteiger partial charge in [-0.05, 0) is 60.9 Å². The van der Waals surface area contributed by atoms with Crippen LogP contribution in [0.4, 0.5) is 0 Å². The predicted octanol–water partition coefficient (Wildman–Crippen LogP) is 2.49. The van der Waals surface area contributed by atoms with E-state index in [-0.39, 0.29) is 18.6 Å². The Kier molecular flexibility index (Phi) is 5.91. The molecule has 0 spiro atoms. The molecule has 1 aromatic rings. The van der Waals surface area contributed by atoms with Gasteiger partial charge in [-0.2, -0.15) is 0 Å². The molecule has 3 nitrogen and oxygen atoms in total. The van der Waals surface area contributed by atoms with Crippen molar-refractivity contribution in [3.8, 4) is 0 Å². The lowest BCUT2D eigenvalue weighted by molar-refractivity contribution is 0.0935. The first-order chi connectivity index (χ1) is 8.06. The summed E-state index contributed by atoms with van der Waals surface area (Å²) in [5.41, 5.74) is 1.74. The highest BCUT2D eigenvalue weighted by Gasteiger charge is 2.14.